The summed E-state index contributed by atoms with van der Waals surface area (Å²) in [4.78, 5) is 25.1. The van der Waals surface area contributed by atoms with Gasteiger partial charge in [0, 0.05) is 5.69 Å². The molecule has 1 unspecified atom stereocenters. The molecule has 0 aliphatic carbocycles. The maximum absolute atomic E-state index is 12.6. The van der Waals surface area contributed by atoms with E-state index in [2.05, 4.69) is 15.8 Å². The third-order valence-corrected chi connectivity index (χ3v) is 4.17. The van der Waals surface area contributed by atoms with Gasteiger partial charge in [-0.2, -0.15) is 5.10 Å². The molecule has 0 saturated heterocycles. The van der Waals surface area contributed by atoms with Crippen LogP contribution in [0.15, 0.2) is 53.6 Å². The topological polar surface area (TPSA) is 89.0 Å². The predicted molar refractivity (Wildman–Crippen MR) is 113 cm³/mol. The Bertz CT molecular complexity index is 830. The number of nitrogens with one attached hydrogen (secondary N) is 2. The smallest absolute Gasteiger partial charge is 0.252 e. The highest BCUT2D eigenvalue weighted by molar-refractivity contribution is 6.06. The molecule has 2 aromatic carbocycles. The van der Waals surface area contributed by atoms with Crippen molar-refractivity contribution in [2.24, 2.45) is 16.9 Å². The molecular weight excluding hydrogens is 370 g/mol. The lowest BCUT2D eigenvalue weighted by molar-refractivity contribution is -0.134. The Balaban J connectivity index is 1.97. The second kappa shape index (κ2) is 10.8. The molecule has 2 amide bonds. The third kappa shape index (κ3) is 6.64. The molecule has 154 valence electrons. The van der Waals surface area contributed by atoms with Gasteiger partial charge >= 0.3 is 0 Å². The molecule has 0 aliphatic heterocycles. The Labute approximate surface area is 171 Å². The highest BCUT2D eigenvalue weighted by Gasteiger charge is 2.29. The monoisotopic (exact) mass is 397 g/mol. The number of carbonyl (C=O) groups excluding carboxylic acids is 2. The number of methoxy groups -OCH3 is 1. The van der Waals surface area contributed by atoms with E-state index in [1.165, 1.54) is 6.21 Å². The molecule has 0 radical (unpaired) electrons. The summed E-state index contributed by atoms with van der Waals surface area (Å²) in [6.45, 7) is 6.14. The van der Waals surface area contributed by atoms with Crippen molar-refractivity contribution in [1.29, 1.82) is 0 Å². The Hall–Kier alpha value is -3.35. The molecule has 0 bridgehead atoms. The fourth-order valence-electron chi connectivity index (χ4n) is 2.68. The number of hydrogen-bond acceptors (Lipinski definition) is 5. The molecule has 0 fully saturated rings. The first-order valence-corrected chi connectivity index (χ1v) is 9.45. The first-order chi connectivity index (χ1) is 13.9. The molecule has 0 aromatic heterocycles. The second-order valence-electron chi connectivity index (χ2n) is 6.68. The summed E-state index contributed by atoms with van der Waals surface area (Å²) < 4.78 is 10.5. The van der Waals surface area contributed by atoms with E-state index in [9.17, 15) is 9.59 Å². The quantitative estimate of drug-likeness (QED) is 0.385. The summed E-state index contributed by atoms with van der Waals surface area (Å²) in [5.74, 6) is -0.482. The van der Waals surface area contributed by atoms with Crippen LogP contribution in [-0.4, -0.2) is 31.7 Å². The standard InChI is InChI=1S/C22H27N3O4/c1-5-29-19-10-6-16(7-11-19)14-23-25-22(27)20(15(2)3)21(26)24-17-8-12-18(28-4)13-9-17/h6-15,20H,5H2,1-4H3,(H,24,26)(H,25,27). The van der Waals surface area contributed by atoms with Crippen LogP contribution in [0.25, 0.3) is 0 Å². The number of rotatable bonds is 9. The van der Waals surface area contributed by atoms with Crippen molar-refractivity contribution in [3.8, 4) is 11.5 Å². The van der Waals surface area contributed by atoms with E-state index in [0.717, 1.165) is 11.3 Å². The van der Waals surface area contributed by atoms with Crippen LogP contribution in [0.4, 0.5) is 5.69 Å². The molecule has 2 rings (SSSR count). The van der Waals surface area contributed by atoms with Crippen molar-refractivity contribution >= 4 is 23.7 Å². The zero-order valence-corrected chi connectivity index (χ0v) is 17.1. The zero-order valence-electron chi connectivity index (χ0n) is 17.1. The van der Waals surface area contributed by atoms with Gasteiger partial charge in [-0.3, -0.25) is 9.59 Å². The highest BCUT2D eigenvalue weighted by Crippen LogP contribution is 2.18. The highest BCUT2D eigenvalue weighted by atomic mass is 16.5. The Morgan fingerprint density at radius 3 is 2.17 bits per heavy atom. The number of nitrogens with zero attached hydrogens (tertiary/aromatic N) is 1. The van der Waals surface area contributed by atoms with Crippen LogP contribution < -0.4 is 20.2 Å². The lowest BCUT2D eigenvalue weighted by Crippen LogP contribution is -2.39. The van der Waals surface area contributed by atoms with Crippen LogP contribution in [0, 0.1) is 11.8 Å². The summed E-state index contributed by atoms with van der Waals surface area (Å²) in [5, 5.41) is 6.73. The summed E-state index contributed by atoms with van der Waals surface area (Å²) >= 11 is 0. The van der Waals surface area contributed by atoms with Crippen LogP contribution in [0.5, 0.6) is 11.5 Å². The minimum atomic E-state index is -0.880. The Kier molecular flexibility index (Phi) is 8.21. The number of hydrazone groups is 1. The molecule has 0 heterocycles. The van der Waals surface area contributed by atoms with Gasteiger partial charge in [0.15, 0.2) is 0 Å². The molecule has 1 atom stereocenters. The summed E-state index contributed by atoms with van der Waals surface area (Å²) in [6, 6.07) is 14.2. The number of benzene rings is 2. The van der Waals surface area contributed by atoms with Crippen LogP contribution in [0.2, 0.25) is 0 Å². The molecule has 0 saturated carbocycles. The van der Waals surface area contributed by atoms with Crippen molar-refractivity contribution in [1.82, 2.24) is 5.43 Å². The largest absolute Gasteiger partial charge is 0.497 e. The van der Waals surface area contributed by atoms with E-state index >= 15 is 0 Å². The van der Waals surface area contributed by atoms with Crippen LogP contribution >= 0.6 is 0 Å². The number of hydrogen-bond donors (Lipinski definition) is 2. The van der Waals surface area contributed by atoms with Gasteiger partial charge in [0.05, 0.1) is 19.9 Å². The second-order valence-corrected chi connectivity index (χ2v) is 6.68. The lowest BCUT2D eigenvalue weighted by atomic mass is 9.94. The predicted octanol–water partition coefficient (Wildman–Crippen LogP) is 3.45. The van der Waals surface area contributed by atoms with Gasteiger partial charge < -0.3 is 14.8 Å². The third-order valence-electron chi connectivity index (χ3n) is 4.17. The lowest BCUT2D eigenvalue weighted by Gasteiger charge is -2.18. The number of carbonyl (C=O) groups is 2. The van der Waals surface area contributed by atoms with Crippen molar-refractivity contribution in [2.45, 2.75) is 20.8 Å². The molecule has 2 aromatic rings. The van der Waals surface area contributed by atoms with Crippen molar-refractivity contribution in [3.63, 3.8) is 0 Å². The minimum Gasteiger partial charge on any atom is -0.497 e. The van der Waals surface area contributed by atoms with Crippen molar-refractivity contribution in [3.05, 3.63) is 54.1 Å². The first-order valence-electron chi connectivity index (χ1n) is 9.45. The average Bonchev–Trinajstić information content (AvgIpc) is 2.70. The van der Waals surface area contributed by atoms with Crippen molar-refractivity contribution in [2.75, 3.05) is 19.0 Å². The van der Waals surface area contributed by atoms with E-state index in [4.69, 9.17) is 9.47 Å². The Morgan fingerprint density at radius 1 is 1.00 bits per heavy atom. The number of anilines is 1. The van der Waals surface area contributed by atoms with E-state index in [1.54, 1.807) is 31.4 Å². The summed E-state index contributed by atoms with van der Waals surface area (Å²) in [7, 11) is 1.57. The first kappa shape index (κ1) is 21.9. The van der Waals surface area contributed by atoms with Gasteiger partial charge in [0.25, 0.3) is 5.91 Å². The summed E-state index contributed by atoms with van der Waals surface area (Å²) in [5.41, 5.74) is 3.85. The maximum atomic E-state index is 12.6. The van der Waals surface area contributed by atoms with Gasteiger partial charge in [-0.1, -0.05) is 13.8 Å². The normalized spacial score (nSPS) is 11.9. The van der Waals surface area contributed by atoms with Gasteiger partial charge in [0.1, 0.15) is 17.4 Å². The van der Waals surface area contributed by atoms with Crippen LogP contribution in [-0.2, 0) is 9.59 Å². The number of amides is 2. The van der Waals surface area contributed by atoms with E-state index in [1.807, 2.05) is 45.0 Å². The van der Waals surface area contributed by atoms with Gasteiger partial charge in [-0.05, 0) is 66.9 Å². The molecule has 0 spiro atoms. The molecule has 29 heavy (non-hydrogen) atoms. The molecule has 7 heteroatoms. The summed E-state index contributed by atoms with van der Waals surface area (Å²) in [6.07, 6.45) is 1.52. The molecule has 2 N–H and O–H groups in total. The van der Waals surface area contributed by atoms with E-state index in [-0.39, 0.29) is 11.8 Å². The fraction of sp³-hybridized carbons (Fsp3) is 0.318. The van der Waals surface area contributed by atoms with Crippen LogP contribution in [0.3, 0.4) is 0 Å². The molecule has 0 aliphatic rings. The molecular formula is C22H27N3O4. The van der Waals surface area contributed by atoms with Gasteiger partial charge in [-0.15, -0.1) is 0 Å². The number of ether oxygens (including phenoxy) is 2. The average molecular weight is 397 g/mol. The SMILES string of the molecule is CCOc1ccc(C=NNC(=O)C(C(=O)Nc2ccc(OC)cc2)C(C)C)cc1. The maximum Gasteiger partial charge on any atom is 0.252 e. The molecule has 7 nitrogen and oxygen atoms in total. The van der Waals surface area contributed by atoms with Gasteiger partial charge in [-0.25, -0.2) is 5.43 Å². The fourth-order valence-corrected chi connectivity index (χ4v) is 2.68. The Morgan fingerprint density at radius 2 is 1.62 bits per heavy atom. The van der Waals surface area contributed by atoms with E-state index < -0.39 is 11.8 Å². The zero-order chi connectivity index (χ0) is 21.2. The van der Waals surface area contributed by atoms with Gasteiger partial charge in [0.2, 0.25) is 5.91 Å². The minimum absolute atomic E-state index is 0.200. The van der Waals surface area contributed by atoms with E-state index in [0.29, 0.717) is 18.0 Å². The van der Waals surface area contributed by atoms with Crippen molar-refractivity contribution < 1.29 is 19.1 Å². The van der Waals surface area contributed by atoms with Crippen LogP contribution in [0.1, 0.15) is 26.3 Å².